The molecule has 8 heavy (non-hydrogen) atoms. The molecule has 42 valence electrons. The number of rotatable bonds is 0. The Morgan fingerprint density at radius 1 is 1.88 bits per heavy atom. The highest BCUT2D eigenvalue weighted by Gasteiger charge is 1.81. The second-order valence-electron chi connectivity index (χ2n) is 1.23. The van der Waals surface area contributed by atoms with Gasteiger partial charge in [-0.05, 0) is 18.5 Å². The first-order chi connectivity index (χ1) is 6.25. The molecular formula is C6H8N2. The molecule has 0 amide bonds. The van der Waals surface area contributed by atoms with Crippen LogP contribution in [0.15, 0.2) is 18.3 Å². The minimum atomic E-state index is -2.61. The van der Waals surface area contributed by atoms with Crippen LogP contribution in [0.4, 0.5) is 5.82 Å². The van der Waals surface area contributed by atoms with Gasteiger partial charge in [0.2, 0.25) is 0 Å². The van der Waals surface area contributed by atoms with E-state index in [1.807, 2.05) is 0 Å². The molecule has 0 saturated heterocycles. The third-order valence-corrected chi connectivity index (χ3v) is 0.604. The van der Waals surface area contributed by atoms with Gasteiger partial charge in [-0.1, -0.05) is 6.04 Å². The summed E-state index contributed by atoms with van der Waals surface area (Å²) in [5.41, 5.74) is 4.68. The number of hydrogen-bond donors (Lipinski definition) is 1. The molecule has 0 atom stereocenters. The van der Waals surface area contributed by atoms with E-state index < -0.39 is 30.7 Å². The summed E-state index contributed by atoms with van der Waals surface area (Å²) in [6.45, 7) is -2.61. The van der Waals surface area contributed by atoms with Gasteiger partial charge in [0.25, 0.3) is 0 Å². The van der Waals surface area contributed by atoms with Crippen molar-refractivity contribution in [2.24, 2.45) is 0 Å². The van der Waals surface area contributed by atoms with Gasteiger partial charge in [0.05, 0.1) is 4.11 Å². The molecule has 0 saturated carbocycles. The SMILES string of the molecule is [2H]c1nc(N)c([2H])c([2H])c1C([2H])([2H])[2H]. The van der Waals surface area contributed by atoms with Gasteiger partial charge in [0.1, 0.15) is 5.82 Å². The standard InChI is InChI=1S/C6H8N2/c1-5-2-3-6(7)8-4-5/h2-4H,1H3,(H2,7,8)/i1D3,2D,3D,4D. The van der Waals surface area contributed by atoms with E-state index in [1.165, 1.54) is 0 Å². The maximum absolute atomic E-state index is 7.35. The van der Waals surface area contributed by atoms with Crippen molar-refractivity contribution in [1.29, 1.82) is 0 Å². The van der Waals surface area contributed by atoms with Gasteiger partial charge >= 0.3 is 0 Å². The number of pyridine rings is 1. The smallest absolute Gasteiger partial charge is 0.123 e. The molecule has 1 aromatic heterocycles. The van der Waals surface area contributed by atoms with Crippen LogP contribution in [-0.2, 0) is 0 Å². The normalized spacial score (nSPS) is 21.5. The van der Waals surface area contributed by atoms with E-state index in [2.05, 4.69) is 4.98 Å². The van der Waals surface area contributed by atoms with Crippen LogP contribution in [0.25, 0.3) is 0 Å². The average Bonchev–Trinajstić information content (AvgIpc) is 1.97. The van der Waals surface area contributed by atoms with E-state index in [4.69, 9.17) is 14.0 Å². The van der Waals surface area contributed by atoms with Crippen molar-refractivity contribution >= 4 is 5.82 Å². The van der Waals surface area contributed by atoms with E-state index >= 15 is 0 Å². The maximum atomic E-state index is 7.35. The van der Waals surface area contributed by atoms with Crippen LogP contribution in [-0.4, -0.2) is 4.98 Å². The van der Waals surface area contributed by atoms with E-state index in [1.54, 1.807) is 0 Å². The average molecular weight is 114 g/mol. The van der Waals surface area contributed by atoms with Crippen molar-refractivity contribution in [2.75, 3.05) is 5.73 Å². The van der Waals surface area contributed by atoms with Crippen LogP contribution < -0.4 is 5.73 Å². The van der Waals surface area contributed by atoms with E-state index in [-0.39, 0.29) is 5.82 Å². The second-order valence-corrected chi connectivity index (χ2v) is 1.23. The Kier molecular flexibility index (Phi) is 0.334. The lowest BCUT2D eigenvalue weighted by Gasteiger charge is -1.89. The van der Waals surface area contributed by atoms with E-state index in [0.717, 1.165) is 0 Å². The number of anilines is 1. The molecule has 2 nitrogen and oxygen atoms in total. The molecular weight excluding hydrogens is 100 g/mol. The summed E-state index contributed by atoms with van der Waals surface area (Å²) in [6.07, 6.45) is -0.566. The van der Waals surface area contributed by atoms with Crippen LogP contribution in [0.1, 0.15) is 13.8 Å². The van der Waals surface area contributed by atoms with E-state index in [9.17, 15) is 0 Å². The Morgan fingerprint density at radius 3 is 3.50 bits per heavy atom. The zero-order chi connectivity index (χ0) is 11.1. The number of aromatic nitrogens is 1. The number of nitrogen functional groups attached to an aromatic ring is 1. The molecule has 0 aliphatic heterocycles. The highest BCUT2D eigenvalue weighted by atomic mass is 14.8. The first-order valence-electron chi connectivity index (χ1n) is 4.99. The third-order valence-electron chi connectivity index (χ3n) is 0.604. The molecule has 0 fully saturated rings. The number of nitrogens with zero attached hydrogens (tertiary/aromatic N) is 1. The van der Waals surface area contributed by atoms with Gasteiger partial charge in [0, 0.05) is 10.3 Å². The summed E-state index contributed by atoms with van der Waals surface area (Å²) in [6, 6.07) is -1.00. The fourth-order valence-corrected chi connectivity index (χ4v) is 0.299. The minimum absolute atomic E-state index is 0.298. The molecule has 1 rings (SSSR count). The minimum Gasteiger partial charge on any atom is -0.384 e. The van der Waals surface area contributed by atoms with Gasteiger partial charge in [-0.25, -0.2) is 4.98 Å². The van der Waals surface area contributed by atoms with Crippen LogP contribution in [0.2, 0.25) is 0 Å². The van der Waals surface area contributed by atoms with Crippen LogP contribution in [0, 0.1) is 6.85 Å². The molecule has 0 radical (unpaired) electrons. The first-order valence-corrected chi connectivity index (χ1v) is 1.99. The Labute approximate surface area is 56.8 Å². The van der Waals surface area contributed by atoms with Crippen molar-refractivity contribution in [3.63, 3.8) is 0 Å². The summed E-state index contributed by atoms with van der Waals surface area (Å²) >= 11 is 0. The highest BCUT2D eigenvalue weighted by molar-refractivity contribution is 5.28. The van der Waals surface area contributed by atoms with Crippen LogP contribution >= 0.6 is 0 Å². The number of hydrogen-bond acceptors (Lipinski definition) is 2. The van der Waals surface area contributed by atoms with Crippen molar-refractivity contribution in [1.82, 2.24) is 4.98 Å². The molecule has 0 aliphatic carbocycles. The van der Waals surface area contributed by atoms with Gasteiger partial charge in [-0.2, -0.15) is 0 Å². The molecule has 1 heterocycles. The van der Waals surface area contributed by atoms with Gasteiger partial charge in [-0.3, -0.25) is 0 Å². The topological polar surface area (TPSA) is 38.9 Å². The van der Waals surface area contributed by atoms with Gasteiger partial charge < -0.3 is 5.73 Å². The van der Waals surface area contributed by atoms with Crippen molar-refractivity contribution < 1.29 is 8.22 Å². The molecule has 0 bridgehead atoms. The van der Waals surface area contributed by atoms with Crippen LogP contribution in [0.3, 0.4) is 0 Å². The fourth-order valence-electron chi connectivity index (χ4n) is 0.299. The Bertz CT molecular complexity index is 372. The summed E-state index contributed by atoms with van der Waals surface area (Å²) in [5, 5.41) is 0. The Morgan fingerprint density at radius 2 is 2.75 bits per heavy atom. The van der Waals surface area contributed by atoms with Crippen molar-refractivity contribution in [3.8, 4) is 0 Å². The molecule has 0 aromatic carbocycles. The maximum Gasteiger partial charge on any atom is 0.123 e. The Hall–Kier alpha value is -1.05. The Balaban J connectivity index is 3.53. The van der Waals surface area contributed by atoms with Gasteiger partial charge in [-0.15, -0.1) is 0 Å². The fraction of sp³-hybridized carbons (Fsp3) is 0.167. The predicted octanol–water partition coefficient (Wildman–Crippen LogP) is 0.972. The summed E-state index contributed by atoms with van der Waals surface area (Å²) in [5.74, 6) is -0.298. The molecule has 1 aromatic rings. The largest absolute Gasteiger partial charge is 0.384 e. The predicted molar refractivity (Wildman–Crippen MR) is 33.4 cm³/mol. The second kappa shape index (κ2) is 1.82. The summed E-state index contributed by atoms with van der Waals surface area (Å²) in [4.78, 5) is 3.38. The monoisotopic (exact) mass is 114 g/mol. The quantitative estimate of drug-likeness (QED) is 0.546. The third kappa shape index (κ3) is 0.964. The molecule has 2 N–H and O–H groups in total. The van der Waals surface area contributed by atoms with E-state index in [0.29, 0.717) is 0 Å². The zero-order valence-electron chi connectivity index (χ0n) is 10.0. The van der Waals surface area contributed by atoms with Crippen LogP contribution in [0.5, 0.6) is 0 Å². The summed E-state index contributed by atoms with van der Waals surface area (Å²) in [7, 11) is 0. The van der Waals surface area contributed by atoms with Gasteiger partial charge in [0.15, 0.2) is 0 Å². The molecule has 2 heteroatoms. The molecule has 0 spiro atoms. The first kappa shape index (κ1) is 1.47. The lowest BCUT2D eigenvalue weighted by molar-refractivity contribution is 1.28. The highest BCUT2D eigenvalue weighted by Crippen LogP contribution is 1.97. The molecule has 0 aliphatic rings. The lowest BCUT2D eigenvalue weighted by Crippen LogP contribution is -1.87. The number of nitrogens with two attached hydrogens (primary N) is 1. The molecule has 0 unspecified atom stereocenters. The summed E-state index contributed by atoms with van der Waals surface area (Å²) < 4.78 is 43.0. The van der Waals surface area contributed by atoms with Crippen molar-refractivity contribution in [2.45, 2.75) is 6.85 Å². The lowest BCUT2D eigenvalue weighted by atomic mass is 10.3. The zero-order valence-corrected chi connectivity index (χ0v) is 4.02. The van der Waals surface area contributed by atoms with Crippen molar-refractivity contribution in [3.05, 3.63) is 23.8 Å².